The lowest BCUT2D eigenvalue weighted by Gasteiger charge is -2.15. The van der Waals surface area contributed by atoms with Crippen LogP contribution in [-0.2, 0) is 6.54 Å². The van der Waals surface area contributed by atoms with Crippen LogP contribution in [0.15, 0.2) is 83.7 Å². The average Bonchev–Trinajstić information content (AvgIpc) is 2.87. The number of pyridine rings is 1. The SMILES string of the molecule is CCn1c(NNC(=O)c2cc(-c3ccc(F)cc3)nc3ccccc23)nc2ccccc2c1=O. The van der Waals surface area contributed by atoms with E-state index in [0.717, 1.165) is 0 Å². The maximum atomic E-state index is 13.4. The third kappa shape index (κ3) is 3.86. The maximum absolute atomic E-state index is 13.4. The van der Waals surface area contributed by atoms with Gasteiger partial charge < -0.3 is 0 Å². The summed E-state index contributed by atoms with van der Waals surface area (Å²) in [5.41, 5.74) is 8.04. The number of rotatable bonds is 5. The van der Waals surface area contributed by atoms with Crippen molar-refractivity contribution in [1.29, 1.82) is 0 Å². The number of benzene rings is 3. The van der Waals surface area contributed by atoms with E-state index < -0.39 is 5.91 Å². The molecule has 7 nitrogen and oxygen atoms in total. The van der Waals surface area contributed by atoms with Crippen molar-refractivity contribution in [3.63, 3.8) is 0 Å². The van der Waals surface area contributed by atoms with Gasteiger partial charge in [-0.15, -0.1) is 0 Å². The first-order chi connectivity index (χ1) is 16.5. The zero-order valence-corrected chi connectivity index (χ0v) is 18.2. The Balaban J connectivity index is 1.52. The van der Waals surface area contributed by atoms with E-state index >= 15 is 0 Å². The Morgan fingerprint density at radius 1 is 0.912 bits per heavy atom. The third-order valence-electron chi connectivity index (χ3n) is 5.57. The van der Waals surface area contributed by atoms with Crippen LogP contribution in [0.5, 0.6) is 0 Å². The van der Waals surface area contributed by atoms with Gasteiger partial charge in [-0.05, 0) is 55.5 Å². The number of carbonyl (C=O) groups excluding carboxylic acids is 1. The van der Waals surface area contributed by atoms with E-state index in [1.165, 1.54) is 16.7 Å². The minimum atomic E-state index is -0.424. The van der Waals surface area contributed by atoms with Crippen molar-refractivity contribution in [3.05, 3.63) is 101 Å². The van der Waals surface area contributed by atoms with Crippen LogP contribution in [0.25, 0.3) is 33.1 Å². The lowest BCUT2D eigenvalue weighted by atomic mass is 10.0. The minimum absolute atomic E-state index is 0.196. The molecule has 34 heavy (non-hydrogen) atoms. The lowest BCUT2D eigenvalue weighted by molar-refractivity contribution is 0.0963. The van der Waals surface area contributed by atoms with E-state index in [9.17, 15) is 14.0 Å². The molecule has 0 radical (unpaired) electrons. The summed E-state index contributed by atoms with van der Waals surface area (Å²) in [6.45, 7) is 2.21. The molecule has 2 heterocycles. The third-order valence-corrected chi connectivity index (χ3v) is 5.57. The van der Waals surface area contributed by atoms with Crippen LogP contribution in [0.1, 0.15) is 17.3 Å². The first-order valence-electron chi connectivity index (χ1n) is 10.8. The fourth-order valence-corrected chi connectivity index (χ4v) is 3.87. The number of hydrazine groups is 1. The largest absolute Gasteiger partial charge is 0.277 e. The number of nitrogens with zero attached hydrogens (tertiary/aromatic N) is 3. The van der Waals surface area contributed by atoms with Gasteiger partial charge in [0.05, 0.1) is 27.7 Å². The molecule has 0 saturated carbocycles. The summed E-state index contributed by atoms with van der Waals surface area (Å²) < 4.78 is 14.8. The Morgan fingerprint density at radius 3 is 2.26 bits per heavy atom. The van der Waals surface area contributed by atoms with Gasteiger partial charge in [-0.2, -0.15) is 0 Å². The molecule has 0 bridgehead atoms. The number of hydrogen-bond acceptors (Lipinski definition) is 5. The molecule has 1 amide bonds. The molecule has 5 aromatic rings. The molecule has 0 aliphatic rings. The van der Waals surface area contributed by atoms with Crippen molar-refractivity contribution in [2.45, 2.75) is 13.5 Å². The predicted octanol–water partition coefficient (Wildman–Crippen LogP) is 4.53. The number of carbonyl (C=O) groups is 1. The minimum Gasteiger partial charge on any atom is -0.277 e. The zero-order valence-electron chi connectivity index (χ0n) is 18.2. The van der Waals surface area contributed by atoms with E-state index in [4.69, 9.17) is 0 Å². The highest BCUT2D eigenvalue weighted by Gasteiger charge is 2.16. The average molecular weight is 453 g/mol. The van der Waals surface area contributed by atoms with Crippen molar-refractivity contribution in [3.8, 4) is 11.3 Å². The smallest absolute Gasteiger partial charge is 0.270 e. The topological polar surface area (TPSA) is 88.9 Å². The Bertz CT molecular complexity index is 1600. The molecule has 8 heteroatoms. The van der Waals surface area contributed by atoms with Crippen molar-refractivity contribution in [2.24, 2.45) is 0 Å². The highest BCUT2D eigenvalue weighted by atomic mass is 19.1. The molecular weight excluding hydrogens is 433 g/mol. The monoisotopic (exact) mass is 453 g/mol. The quantitative estimate of drug-likeness (QED) is 0.382. The molecule has 0 unspecified atom stereocenters. The number of nitrogens with one attached hydrogen (secondary N) is 2. The summed E-state index contributed by atoms with van der Waals surface area (Å²) in [5.74, 6) is -0.541. The van der Waals surface area contributed by atoms with Crippen LogP contribution in [0.4, 0.5) is 10.3 Å². The van der Waals surface area contributed by atoms with Gasteiger partial charge >= 0.3 is 0 Å². The van der Waals surface area contributed by atoms with E-state index in [0.29, 0.717) is 45.2 Å². The summed E-state index contributed by atoms with van der Waals surface area (Å²) >= 11 is 0. The molecule has 0 aliphatic heterocycles. The van der Waals surface area contributed by atoms with E-state index in [-0.39, 0.29) is 17.3 Å². The van der Waals surface area contributed by atoms with Gasteiger partial charge in [-0.3, -0.25) is 25.0 Å². The second kappa shape index (κ2) is 8.74. The molecule has 168 valence electrons. The number of halogens is 1. The molecule has 3 aromatic carbocycles. The second-order valence-electron chi connectivity index (χ2n) is 7.66. The molecular formula is C26H20FN5O2. The summed E-state index contributed by atoms with van der Waals surface area (Å²) in [6, 6.07) is 21.9. The molecule has 5 rings (SSSR count). The standard InChI is InChI=1S/C26H20FN5O2/c1-2-32-25(34)19-8-4-6-10-22(19)29-26(32)31-30-24(33)20-15-23(16-11-13-17(27)14-12-16)28-21-9-5-3-7-18(20)21/h3-15H,2H2,1H3,(H,29,31)(H,30,33). The van der Waals surface area contributed by atoms with Crippen LogP contribution < -0.4 is 16.4 Å². The number of anilines is 1. The highest BCUT2D eigenvalue weighted by Crippen LogP contribution is 2.25. The van der Waals surface area contributed by atoms with Gasteiger partial charge in [-0.25, -0.2) is 14.4 Å². The van der Waals surface area contributed by atoms with Gasteiger partial charge in [-0.1, -0.05) is 30.3 Å². The van der Waals surface area contributed by atoms with E-state index in [1.807, 2.05) is 31.2 Å². The number of hydrogen-bond donors (Lipinski definition) is 2. The fraction of sp³-hybridized carbons (Fsp3) is 0.0769. The molecule has 0 fully saturated rings. The van der Waals surface area contributed by atoms with Crippen molar-refractivity contribution in [1.82, 2.24) is 20.0 Å². The Kier molecular flexibility index (Phi) is 5.47. The number of fused-ring (bicyclic) bond motifs is 2. The first kappa shape index (κ1) is 21.3. The van der Waals surface area contributed by atoms with E-state index in [1.54, 1.807) is 42.5 Å². The number of amides is 1. The van der Waals surface area contributed by atoms with Crippen LogP contribution in [0, 0.1) is 5.82 Å². The summed E-state index contributed by atoms with van der Waals surface area (Å²) in [5, 5.41) is 1.16. The Hall–Kier alpha value is -4.59. The molecule has 0 saturated heterocycles. The molecule has 2 N–H and O–H groups in total. The molecule has 2 aromatic heterocycles. The molecule has 0 aliphatic carbocycles. The number of aromatic nitrogens is 3. The lowest BCUT2D eigenvalue weighted by Crippen LogP contribution is -2.34. The summed E-state index contributed by atoms with van der Waals surface area (Å²) in [6.07, 6.45) is 0. The molecule has 0 atom stereocenters. The second-order valence-corrected chi connectivity index (χ2v) is 7.66. The summed E-state index contributed by atoms with van der Waals surface area (Å²) in [7, 11) is 0. The Morgan fingerprint density at radius 2 is 1.56 bits per heavy atom. The van der Waals surface area contributed by atoms with Crippen LogP contribution in [0.2, 0.25) is 0 Å². The first-order valence-corrected chi connectivity index (χ1v) is 10.8. The van der Waals surface area contributed by atoms with Gasteiger partial charge in [0.2, 0.25) is 5.95 Å². The zero-order chi connectivity index (χ0) is 23.7. The Labute approximate surface area is 193 Å². The van der Waals surface area contributed by atoms with Crippen LogP contribution >= 0.6 is 0 Å². The van der Waals surface area contributed by atoms with Gasteiger partial charge in [0.1, 0.15) is 5.82 Å². The predicted molar refractivity (Wildman–Crippen MR) is 130 cm³/mol. The maximum Gasteiger partial charge on any atom is 0.270 e. The van der Waals surface area contributed by atoms with Crippen LogP contribution in [0.3, 0.4) is 0 Å². The van der Waals surface area contributed by atoms with Gasteiger partial charge in [0.15, 0.2) is 0 Å². The van der Waals surface area contributed by atoms with Crippen molar-refractivity contribution in [2.75, 3.05) is 5.43 Å². The highest BCUT2D eigenvalue weighted by molar-refractivity contribution is 6.07. The normalized spacial score (nSPS) is 11.0. The van der Waals surface area contributed by atoms with Crippen LogP contribution in [-0.4, -0.2) is 20.4 Å². The van der Waals surface area contributed by atoms with Crippen molar-refractivity contribution >= 4 is 33.7 Å². The number of para-hydroxylation sites is 2. The van der Waals surface area contributed by atoms with Gasteiger partial charge in [0, 0.05) is 17.5 Å². The van der Waals surface area contributed by atoms with E-state index in [2.05, 4.69) is 20.8 Å². The van der Waals surface area contributed by atoms with Crippen molar-refractivity contribution < 1.29 is 9.18 Å². The van der Waals surface area contributed by atoms with Gasteiger partial charge in [0.25, 0.3) is 11.5 Å². The fourth-order valence-electron chi connectivity index (χ4n) is 3.87. The summed E-state index contributed by atoms with van der Waals surface area (Å²) in [4.78, 5) is 35.2. The molecule has 0 spiro atoms.